The lowest BCUT2D eigenvalue weighted by molar-refractivity contribution is 0.0344. The highest BCUT2D eigenvalue weighted by Crippen LogP contribution is 2.24. The zero-order chi connectivity index (χ0) is 23.9. The Bertz CT molecular complexity index is 1090. The van der Waals surface area contributed by atoms with Crippen molar-refractivity contribution in [2.45, 2.75) is 32.6 Å². The van der Waals surface area contributed by atoms with Gasteiger partial charge in [0.1, 0.15) is 17.2 Å². The Kier molecular flexibility index (Phi) is 7.87. The summed E-state index contributed by atoms with van der Waals surface area (Å²) in [7, 11) is 3.93. The number of likely N-dealkylation sites (N-methyl/N-ethyl adjacent to an activating group) is 1. The maximum atomic E-state index is 13.2. The van der Waals surface area contributed by atoms with Gasteiger partial charge < -0.3 is 19.9 Å². The van der Waals surface area contributed by atoms with Crippen LogP contribution in [-0.4, -0.2) is 54.5 Å². The summed E-state index contributed by atoms with van der Waals surface area (Å²) in [6.45, 7) is 5.20. The number of rotatable bonds is 9. The Hall–Kier alpha value is -3.29. The van der Waals surface area contributed by atoms with Crippen LogP contribution in [-0.2, 0) is 17.9 Å². The third kappa shape index (κ3) is 5.79. The predicted molar refractivity (Wildman–Crippen MR) is 134 cm³/mol. The third-order valence-corrected chi connectivity index (χ3v) is 6.15. The molecule has 0 bridgehead atoms. The van der Waals surface area contributed by atoms with Crippen molar-refractivity contribution in [2.75, 3.05) is 38.6 Å². The Morgan fingerprint density at radius 1 is 1.06 bits per heavy atom. The molecule has 178 valence electrons. The van der Waals surface area contributed by atoms with E-state index in [2.05, 4.69) is 51.7 Å². The fourth-order valence-electron chi connectivity index (χ4n) is 4.15. The maximum Gasteiger partial charge on any atom is 0.259 e. The van der Waals surface area contributed by atoms with Crippen LogP contribution >= 0.6 is 0 Å². The molecule has 7 nitrogen and oxygen atoms in total. The van der Waals surface area contributed by atoms with Crippen molar-refractivity contribution in [1.82, 2.24) is 20.2 Å². The van der Waals surface area contributed by atoms with Gasteiger partial charge in [-0.05, 0) is 43.6 Å². The van der Waals surface area contributed by atoms with Crippen molar-refractivity contribution < 1.29 is 9.53 Å². The number of fused-ring (bicyclic) bond motifs is 1. The highest BCUT2D eigenvalue weighted by atomic mass is 16.5. The van der Waals surface area contributed by atoms with Gasteiger partial charge in [-0.1, -0.05) is 54.6 Å². The molecule has 1 unspecified atom stereocenters. The van der Waals surface area contributed by atoms with Crippen molar-refractivity contribution in [2.24, 2.45) is 0 Å². The van der Waals surface area contributed by atoms with E-state index in [0.717, 1.165) is 30.6 Å². The fourth-order valence-corrected chi connectivity index (χ4v) is 4.15. The van der Waals surface area contributed by atoms with E-state index in [0.29, 0.717) is 36.9 Å². The summed E-state index contributed by atoms with van der Waals surface area (Å²) < 4.78 is 6.28. The van der Waals surface area contributed by atoms with Crippen LogP contribution < -0.4 is 10.2 Å². The first-order valence-corrected chi connectivity index (χ1v) is 11.8. The lowest BCUT2D eigenvalue weighted by atomic mass is 10.1. The lowest BCUT2D eigenvalue weighted by Crippen LogP contribution is -2.33. The minimum atomic E-state index is -0.0259. The minimum absolute atomic E-state index is 0.0259. The van der Waals surface area contributed by atoms with E-state index in [1.807, 2.05) is 49.0 Å². The van der Waals surface area contributed by atoms with E-state index in [-0.39, 0.29) is 12.0 Å². The van der Waals surface area contributed by atoms with Crippen LogP contribution in [0.25, 0.3) is 0 Å². The van der Waals surface area contributed by atoms with Gasteiger partial charge in [-0.25, -0.2) is 9.97 Å². The average molecular weight is 460 g/mol. The molecule has 2 aromatic carbocycles. The SMILES string of the molecule is CNCCC(OCc1ccc(CN2CCN(C)c3nc(C)ncc3C2=O)cc1)c1ccccc1. The number of benzene rings is 2. The molecule has 4 rings (SSSR count). The van der Waals surface area contributed by atoms with Crippen LogP contribution in [0.1, 0.15) is 45.4 Å². The van der Waals surface area contributed by atoms with E-state index < -0.39 is 0 Å². The second-order valence-corrected chi connectivity index (χ2v) is 8.72. The van der Waals surface area contributed by atoms with Crippen LogP contribution in [0.15, 0.2) is 60.8 Å². The van der Waals surface area contributed by atoms with E-state index in [1.54, 1.807) is 6.20 Å². The van der Waals surface area contributed by atoms with Gasteiger partial charge in [-0.15, -0.1) is 0 Å². The third-order valence-electron chi connectivity index (χ3n) is 6.15. The molecule has 1 N–H and O–H groups in total. The number of hydrogen-bond donors (Lipinski definition) is 1. The highest BCUT2D eigenvalue weighted by molar-refractivity contribution is 5.99. The molecule has 0 fully saturated rings. The molecule has 1 amide bonds. The number of ether oxygens (including phenoxy) is 1. The summed E-state index contributed by atoms with van der Waals surface area (Å²) in [5, 5.41) is 3.21. The van der Waals surface area contributed by atoms with Gasteiger partial charge in [0.2, 0.25) is 0 Å². The number of aryl methyl sites for hydroxylation is 1. The van der Waals surface area contributed by atoms with Crippen molar-refractivity contribution in [1.29, 1.82) is 0 Å². The average Bonchev–Trinajstić information content (AvgIpc) is 2.97. The number of nitrogens with one attached hydrogen (secondary N) is 1. The number of amides is 1. The minimum Gasteiger partial charge on any atom is -0.369 e. The van der Waals surface area contributed by atoms with Crippen molar-refractivity contribution in [3.05, 3.63) is 88.9 Å². The fraction of sp³-hybridized carbons (Fsp3) is 0.370. The van der Waals surface area contributed by atoms with Gasteiger partial charge in [0.15, 0.2) is 0 Å². The van der Waals surface area contributed by atoms with Crippen LogP contribution in [0.3, 0.4) is 0 Å². The molecule has 34 heavy (non-hydrogen) atoms. The first kappa shape index (κ1) is 23.9. The summed E-state index contributed by atoms with van der Waals surface area (Å²) in [6.07, 6.45) is 2.60. The largest absolute Gasteiger partial charge is 0.369 e. The molecular formula is C27H33N5O2. The summed E-state index contributed by atoms with van der Waals surface area (Å²) in [5.74, 6) is 1.35. The maximum absolute atomic E-state index is 13.2. The zero-order valence-corrected chi connectivity index (χ0v) is 20.2. The van der Waals surface area contributed by atoms with Crippen LogP contribution in [0, 0.1) is 6.92 Å². The zero-order valence-electron chi connectivity index (χ0n) is 20.2. The molecule has 1 atom stereocenters. The molecule has 0 aliphatic carbocycles. The summed E-state index contributed by atoms with van der Waals surface area (Å²) >= 11 is 0. The smallest absolute Gasteiger partial charge is 0.259 e. The number of carbonyl (C=O) groups is 1. The molecule has 1 aromatic heterocycles. The van der Waals surface area contributed by atoms with E-state index in [9.17, 15) is 4.79 Å². The van der Waals surface area contributed by atoms with E-state index in [4.69, 9.17) is 4.74 Å². The molecule has 7 heteroatoms. The van der Waals surface area contributed by atoms with Gasteiger partial charge in [0, 0.05) is 32.9 Å². The van der Waals surface area contributed by atoms with Crippen LogP contribution in [0.5, 0.6) is 0 Å². The molecule has 1 aliphatic rings. The molecule has 0 saturated heterocycles. The lowest BCUT2D eigenvalue weighted by Gasteiger charge is -2.21. The summed E-state index contributed by atoms with van der Waals surface area (Å²) in [6, 6.07) is 18.7. The summed E-state index contributed by atoms with van der Waals surface area (Å²) in [4.78, 5) is 25.8. The molecule has 1 aliphatic heterocycles. The second-order valence-electron chi connectivity index (χ2n) is 8.72. The molecule has 0 saturated carbocycles. The van der Waals surface area contributed by atoms with Crippen molar-refractivity contribution in [3.8, 4) is 0 Å². The van der Waals surface area contributed by atoms with E-state index in [1.165, 1.54) is 5.56 Å². The molecule has 0 radical (unpaired) electrons. The topological polar surface area (TPSA) is 70.6 Å². The quantitative estimate of drug-likeness (QED) is 0.526. The molecular weight excluding hydrogens is 426 g/mol. The van der Waals surface area contributed by atoms with Crippen LogP contribution in [0.2, 0.25) is 0 Å². The van der Waals surface area contributed by atoms with Crippen LogP contribution in [0.4, 0.5) is 5.82 Å². The molecule has 2 heterocycles. The first-order valence-electron chi connectivity index (χ1n) is 11.8. The normalized spacial score (nSPS) is 14.6. The number of nitrogens with zero attached hydrogens (tertiary/aromatic N) is 4. The number of anilines is 1. The molecule has 0 spiro atoms. The number of aromatic nitrogens is 2. The standard InChI is InChI=1S/C27H33N5O2/c1-20-29-17-24-26(30-20)31(3)15-16-32(27(24)33)18-21-9-11-22(12-10-21)19-34-25(13-14-28-2)23-7-5-4-6-8-23/h4-12,17,25,28H,13-16,18-19H2,1-3H3. The van der Waals surface area contributed by atoms with Gasteiger partial charge >= 0.3 is 0 Å². The predicted octanol–water partition coefficient (Wildman–Crippen LogP) is 3.74. The second kappa shape index (κ2) is 11.2. The number of hydrogen-bond acceptors (Lipinski definition) is 6. The highest BCUT2D eigenvalue weighted by Gasteiger charge is 2.26. The van der Waals surface area contributed by atoms with Crippen molar-refractivity contribution in [3.63, 3.8) is 0 Å². The van der Waals surface area contributed by atoms with Gasteiger partial charge in [0.05, 0.1) is 12.7 Å². The summed E-state index contributed by atoms with van der Waals surface area (Å²) in [5.41, 5.74) is 3.96. The first-order chi connectivity index (χ1) is 16.5. The van der Waals surface area contributed by atoms with Gasteiger partial charge in [-0.2, -0.15) is 0 Å². The Labute approximate surface area is 201 Å². The Morgan fingerprint density at radius 3 is 2.53 bits per heavy atom. The van der Waals surface area contributed by atoms with E-state index >= 15 is 0 Å². The van der Waals surface area contributed by atoms with Gasteiger partial charge in [-0.3, -0.25) is 4.79 Å². The monoisotopic (exact) mass is 459 g/mol. The Balaban J connectivity index is 1.39. The molecule has 3 aromatic rings. The number of carbonyl (C=O) groups excluding carboxylic acids is 1. The van der Waals surface area contributed by atoms with Gasteiger partial charge in [0.25, 0.3) is 5.91 Å². The Morgan fingerprint density at radius 2 is 1.79 bits per heavy atom. The van der Waals surface area contributed by atoms with Crippen molar-refractivity contribution >= 4 is 11.7 Å².